The van der Waals surface area contributed by atoms with Gasteiger partial charge in [0.05, 0.1) is 8.07 Å². The average Bonchev–Trinajstić information content (AvgIpc) is 1.92. The Balaban J connectivity index is 3.26. The Morgan fingerprint density at radius 3 is 2.17 bits per heavy atom. The number of halogens is 1. The van der Waals surface area contributed by atoms with E-state index in [0.717, 1.165) is 5.56 Å². The van der Waals surface area contributed by atoms with Gasteiger partial charge in [-0.15, -0.1) is 0 Å². The molecule has 0 saturated carbocycles. The van der Waals surface area contributed by atoms with Gasteiger partial charge >= 0.3 is 0 Å². The van der Waals surface area contributed by atoms with Gasteiger partial charge in [0.2, 0.25) is 0 Å². The third-order valence-electron chi connectivity index (χ3n) is 2.08. The fourth-order valence-electron chi connectivity index (χ4n) is 1.42. The van der Waals surface area contributed by atoms with Gasteiger partial charge in [0.1, 0.15) is 5.82 Å². The smallest absolute Gasteiger partial charge is 0.125 e. The summed E-state index contributed by atoms with van der Waals surface area (Å²) in [7, 11) is -1.35. The molecule has 0 spiro atoms. The van der Waals surface area contributed by atoms with Gasteiger partial charge < -0.3 is 0 Å². The van der Waals surface area contributed by atoms with Crippen LogP contribution < -0.4 is 5.19 Å². The average molecular weight is 182 g/mol. The van der Waals surface area contributed by atoms with E-state index in [1.54, 1.807) is 6.07 Å². The molecule has 0 aliphatic carbocycles. The van der Waals surface area contributed by atoms with Crippen molar-refractivity contribution in [3.63, 3.8) is 0 Å². The van der Waals surface area contributed by atoms with Crippen molar-refractivity contribution in [2.75, 3.05) is 0 Å². The molecule has 0 saturated heterocycles. The first-order chi connectivity index (χ1) is 5.43. The molecule has 66 valence electrons. The lowest BCUT2D eigenvalue weighted by atomic mass is 10.2. The van der Waals surface area contributed by atoms with Gasteiger partial charge in [0, 0.05) is 0 Å². The Morgan fingerprint density at radius 1 is 1.17 bits per heavy atom. The normalized spacial score (nSPS) is 11.8. The zero-order valence-corrected chi connectivity index (χ0v) is 9.11. The second kappa shape index (κ2) is 3.02. The van der Waals surface area contributed by atoms with Crippen molar-refractivity contribution in [1.29, 1.82) is 0 Å². The highest BCUT2D eigenvalue weighted by molar-refractivity contribution is 6.89. The van der Waals surface area contributed by atoms with Crippen molar-refractivity contribution in [3.05, 3.63) is 29.6 Å². The van der Waals surface area contributed by atoms with Crippen LogP contribution in [0.3, 0.4) is 0 Å². The van der Waals surface area contributed by atoms with Crippen LogP contribution in [0.2, 0.25) is 19.6 Å². The van der Waals surface area contributed by atoms with Crippen LogP contribution in [-0.4, -0.2) is 8.07 Å². The van der Waals surface area contributed by atoms with Crippen molar-refractivity contribution < 1.29 is 4.39 Å². The van der Waals surface area contributed by atoms with Crippen LogP contribution in [0, 0.1) is 12.7 Å². The number of benzene rings is 1. The molecule has 0 aliphatic rings. The van der Waals surface area contributed by atoms with Crippen LogP contribution in [0.5, 0.6) is 0 Å². The summed E-state index contributed by atoms with van der Waals surface area (Å²) in [6.07, 6.45) is 0. The zero-order chi connectivity index (χ0) is 9.35. The standard InChI is InChI=1S/C10H15FSi/c1-8-9(11)6-5-7-10(8)12(2,3)4/h5-7H,1-4H3. The topological polar surface area (TPSA) is 0 Å². The molecule has 0 N–H and O–H groups in total. The molecule has 0 radical (unpaired) electrons. The van der Waals surface area contributed by atoms with Gasteiger partial charge in [0.15, 0.2) is 0 Å². The minimum Gasteiger partial charge on any atom is -0.207 e. The van der Waals surface area contributed by atoms with Gasteiger partial charge in [-0.1, -0.05) is 37.0 Å². The summed E-state index contributed by atoms with van der Waals surface area (Å²) in [5.74, 6) is -0.0741. The Labute approximate surface area is 74.4 Å². The Morgan fingerprint density at radius 2 is 1.75 bits per heavy atom. The van der Waals surface area contributed by atoms with Gasteiger partial charge in [-0.2, -0.15) is 0 Å². The quantitative estimate of drug-likeness (QED) is 0.586. The predicted octanol–water partition coefficient (Wildman–Crippen LogP) is 2.68. The molecule has 0 fully saturated rings. The molecular formula is C10H15FSi. The molecule has 1 aromatic carbocycles. The molecule has 0 aliphatic heterocycles. The predicted molar refractivity (Wildman–Crippen MR) is 54.1 cm³/mol. The Kier molecular flexibility index (Phi) is 2.38. The van der Waals surface area contributed by atoms with Crippen molar-refractivity contribution in [2.24, 2.45) is 0 Å². The highest BCUT2D eigenvalue weighted by Gasteiger charge is 2.19. The molecule has 0 unspecified atom stereocenters. The van der Waals surface area contributed by atoms with Crippen molar-refractivity contribution in [2.45, 2.75) is 26.6 Å². The maximum absolute atomic E-state index is 13.1. The second-order valence-electron chi connectivity index (χ2n) is 4.16. The fourth-order valence-corrected chi connectivity index (χ4v) is 3.26. The third-order valence-corrected chi connectivity index (χ3v) is 4.23. The summed E-state index contributed by atoms with van der Waals surface area (Å²) < 4.78 is 13.1. The molecule has 1 rings (SSSR count). The molecule has 0 atom stereocenters. The van der Waals surface area contributed by atoms with E-state index in [9.17, 15) is 4.39 Å². The number of hydrogen-bond acceptors (Lipinski definition) is 0. The zero-order valence-electron chi connectivity index (χ0n) is 8.11. The summed E-state index contributed by atoms with van der Waals surface area (Å²) in [5, 5.41) is 1.22. The van der Waals surface area contributed by atoms with Gasteiger partial charge in [-0.05, 0) is 18.6 Å². The second-order valence-corrected chi connectivity index (χ2v) is 9.20. The Hall–Kier alpha value is -0.633. The van der Waals surface area contributed by atoms with Crippen LogP contribution in [0.15, 0.2) is 18.2 Å². The first-order valence-corrected chi connectivity index (χ1v) is 7.68. The third kappa shape index (κ3) is 1.75. The van der Waals surface area contributed by atoms with Gasteiger partial charge in [0.25, 0.3) is 0 Å². The van der Waals surface area contributed by atoms with Gasteiger partial charge in [-0.25, -0.2) is 4.39 Å². The van der Waals surface area contributed by atoms with E-state index in [1.165, 1.54) is 11.3 Å². The van der Waals surface area contributed by atoms with Crippen LogP contribution in [-0.2, 0) is 0 Å². The molecule has 0 nitrogen and oxygen atoms in total. The minimum atomic E-state index is -1.35. The molecule has 0 heterocycles. The monoisotopic (exact) mass is 182 g/mol. The highest BCUT2D eigenvalue weighted by Crippen LogP contribution is 2.09. The van der Waals surface area contributed by atoms with Gasteiger partial charge in [-0.3, -0.25) is 0 Å². The Bertz CT molecular complexity index is 286. The molecular weight excluding hydrogens is 167 g/mol. The molecule has 12 heavy (non-hydrogen) atoms. The summed E-state index contributed by atoms with van der Waals surface area (Å²) in [4.78, 5) is 0. The number of hydrogen-bond donors (Lipinski definition) is 0. The lowest BCUT2D eigenvalue weighted by Crippen LogP contribution is -2.39. The van der Waals surface area contributed by atoms with E-state index in [1.807, 2.05) is 13.0 Å². The highest BCUT2D eigenvalue weighted by atomic mass is 28.3. The van der Waals surface area contributed by atoms with E-state index in [4.69, 9.17) is 0 Å². The van der Waals surface area contributed by atoms with Crippen molar-refractivity contribution in [3.8, 4) is 0 Å². The van der Waals surface area contributed by atoms with Crippen molar-refractivity contribution in [1.82, 2.24) is 0 Å². The minimum absolute atomic E-state index is 0.0741. The first kappa shape index (κ1) is 9.45. The first-order valence-electron chi connectivity index (χ1n) is 4.18. The number of rotatable bonds is 1. The van der Waals surface area contributed by atoms with Crippen molar-refractivity contribution >= 4 is 13.3 Å². The van der Waals surface area contributed by atoms with Crippen LogP contribution in [0.1, 0.15) is 5.56 Å². The van der Waals surface area contributed by atoms with Crippen LogP contribution >= 0.6 is 0 Å². The maximum Gasteiger partial charge on any atom is 0.125 e. The summed E-state index contributed by atoms with van der Waals surface area (Å²) >= 11 is 0. The van der Waals surface area contributed by atoms with E-state index in [2.05, 4.69) is 19.6 Å². The van der Waals surface area contributed by atoms with E-state index in [0.29, 0.717) is 0 Å². The lowest BCUT2D eigenvalue weighted by Gasteiger charge is -2.19. The molecule has 0 amide bonds. The van der Waals surface area contributed by atoms with E-state index < -0.39 is 8.07 Å². The molecule has 0 bridgehead atoms. The van der Waals surface area contributed by atoms with Crippen LogP contribution in [0.4, 0.5) is 4.39 Å². The fraction of sp³-hybridized carbons (Fsp3) is 0.400. The largest absolute Gasteiger partial charge is 0.207 e. The van der Waals surface area contributed by atoms with E-state index in [-0.39, 0.29) is 5.82 Å². The van der Waals surface area contributed by atoms with E-state index >= 15 is 0 Å². The van der Waals surface area contributed by atoms with Crippen LogP contribution in [0.25, 0.3) is 0 Å². The lowest BCUT2D eigenvalue weighted by molar-refractivity contribution is 0.620. The molecule has 2 heteroatoms. The molecule has 1 aromatic rings. The summed E-state index contributed by atoms with van der Waals surface area (Å²) in [6, 6.07) is 5.37. The molecule has 0 aromatic heterocycles. The summed E-state index contributed by atoms with van der Waals surface area (Å²) in [5.41, 5.74) is 0.830. The summed E-state index contributed by atoms with van der Waals surface area (Å²) in [6.45, 7) is 8.56. The SMILES string of the molecule is Cc1c(F)cccc1[Si](C)(C)C. The maximum atomic E-state index is 13.1.